The van der Waals surface area contributed by atoms with Crippen LogP contribution >= 0.6 is 0 Å². The van der Waals surface area contributed by atoms with Crippen molar-refractivity contribution < 1.29 is 4.79 Å². The van der Waals surface area contributed by atoms with Crippen molar-refractivity contribution in [1.29, 1.82) is 0 Å². The molecule has 0 aliphatic carbocycles. The summed E-state index contributed by atoms with van der Waals surface area (Å²) >= 11 is 0. The molecule has 1 aromatic carbocycles. The third-order valence-corrected chi connectivity index (χ3v) is 3.78. The standard InChI is InChI=1S/C16H20N4O/c21-16(8-13-6-7-17-9-13)18-10-14-11-19-20(12-14)15-4-2-1-3-5-15/h1-5,11-13,17H,6-10H2,(H,18,21). The monoisotopic (exact) mass is 284 g/mol. The summed E-state index contributed by atoms with van der Waals surface area (Å²) in [5.74, 6) is 0.605. The van der Waals surface area contributed by atoms with Crippen LogP contribution in [0.4, 0.5) is 0 Å². The maximum absolute atomic E-state index is 11.9. The Labute approximate surface area is 124 Å². The van der Waals surface area contributed by atoms with Crippen molar-refractivity contribution in [3.8, 4) is 5.69 Å². The van der Waals surface area contributed by atoms with Gasteiger partial charge in [-0.3, -0.25) is 4.79 Å². The van der Waals surface area contributed by atoms with Crippen molar-refractivity contribution in [3.05, 3.63) is 48.3 Å². The minimum atomic E-state index is 0.121. The number of para-hydroxylation sites is 1. The average molecular weight is 284 g/mol. The molecule has 2 N–H and O–H groups in total. The van der Waals surface area contributed by atoms with E-state index < -0.39 is 0 Å². The first-order valence-corrected chi connectivity index (χ1v) is 7.37. The molecule has 0 bridgehead atoms. The van der Waals surface area contributed by atoms with Gasteiger partial charge in [-0.05, 0) is 37.6 Å². The maximum Gasteiger partial charge on any atom is 0.220 e. The van der Waals surface area contributed by atoms with E-state index in [2.05, 4.69) is 15.7 Å². The summed E-state index contributed by atoms with van der Waals surface area (Å²) in [5.41, 5.74) is 2.03. The van der Waals surface area contributed by atoms with Gasteiger partial charge in [-0.15, -0.1) is 0 Å². The maximum atomic E-state index is 11.9. The average Bonchev–Trinajstić information content (AvgIpc) is 3.17. The second-order valence-electron chi connectivity index (χ2n) is 5.47. The molecule has 1 fully saturated rings. The highest BCUT2D eigenvalue weighted by Crippen LogP contribution is 2.12. The van der Waals surface area contributed by atoms with Gasteiger partial charge < -0.3 is 10.6 Å². The molecule has 1 aliphatic rings. The first kappa shape index (κ1) is 13.8. The molecule has 1 aliphatic heterocycles. The third-order valence-electron chi connectivity index (χ3n) is 3.78. The van der Waals surface area contributed by atoms with Crippen LogP contribution in [0.15, 0.2) is 42.7 Å². The van der Waals surface area contributed by atoms with E-state index in [1.165, 1.54) is 0 Å². The molecule has 110 valence electrons. The summed E-state index contributed by atoms with van der Waals surface area (Å²) in [6.45, 7) is 2.52. The number of carbonyl (C=O) groups excluding carboxylic acids is 1. The normalized spacial score (nSPS) is 17.8. The Hall–Kier alpha value is -2.14. The molecule has 1 amide bonds. The summed E-state index contributed by atoms with van der Waals surface area (Å²) in [5, 5.41) is 10.6. The number of nitrogens with one attached hydrogen (secondary N) is 2. The number of rotatable bonds is 5. The van der Waals surface area contributed by atoms with Gasteiger partial charge in [0.2, 0.25) is 5.91 Å². The molecule has 0 spiro atoms. The molecule has 1 saturated heterocycles. The topological polar surface area (TPSA) is 59.0 Å². The molecule has 5 heteroatoms. The van der Waals surface area contributed by atoms with Gasteiger partial charge in [0.05, 0.1) is 11.9 Å². The molecule has 1 aromatic heterocycles. The number of aromatic nitrogens is 2. The molecule has 21 heavy (non-hydrogen) atoms. The second-order valence-corrected chi connectivity index (χ2v) is 5.47. The number of carbonyl (C=O) groups is 1. The molecule has 1 atom stereocenters. The van der Waals surface area contributed by atoms with E-state index in [1.807, 2.05) is 41.2 Å². The molecule has 0 radical (unpaired) electrons. The number of amides is 1. The Bertz CT molecular complexity index is 587. The van der Waals surface area contributed by atoms with Gasteiger partial charge in [-0.2, -0.15) is 5.10 Å². The summed E-state index contributed by atoms with van der Waals surface area (Å²) in [7, 11) is 0. The van der Waals surface area contributed by atoms with Gasteiger partial charge in [-0.1, -0.05) is 18.2 Å². The molecule has 1 unspecified atom stereocenters. The number of benzene rings is 1. The van der Waals surface area contributed by atoms with Crippen LogP contribution in [0.25, 0.3) is 5.69 Å². The fourth-order valence-corrected chi connectivity index (χ4v) is 2.60. The highest BCUT2D eigenvalue weighted by Gasteiger charge is 2.17. The minimum Gasteiger partial charge on any atom is -0.352 e. The summed E-state index contributed by atoms with van der Waals surface area (Å²) in [4.78, 5) is 11.9. The smallest absolute Gasteiger partial charge is 0.220 e. The van der Waals surface area contributed by atoms with Crippen molar-refractivity contribution in [3.63, 3.8) is 0 Å². The molecule has 0 saturated carbocycles. The molecule has 2 heterocycles. The summed E-state index contributed by atoms with van der Waals surface area (Å²) in [6, 6.07) is 9.94. The quantitative estimate of drug-likeness (QED) is 0.874. The molecular formula is C16H20N4O. The van der Waals surface area contributed by atoms with Crippen molar-refractivity contribution in [2.24, 2.45) is 5.92 Å². The van der Waals surface area contributed by atoms with Crippen molar-refractivity contribution in [2.75, 3.05) is 13.1 Å². The summed E-state index contributed by atoms with van der Waals surface area (Å²) < 4.78 is 1.82. The number of nitrogens with zero attached hydrogens (tertiary/aromatic N) is 2. The second kappa shape index (κ2) is 6.54. The van der Waals surface area contributed by atoms with Crippen LogP contribution in [-0.4, -0.2) is 28.8 Å². The van der Waals surface area contributed by atoms with E-state index >= 15 is 0 Å². The predicted molar refractivity (Wildman–Crippen MR) is 81.0 cm³/mol. The minimum absolute atomic E-state index is 0.121. The summed E-state index contributed by atoms with van der Waals surface area (Å²) in [6.07, 6.45) is 5.45. The van der Waals surface area contributed by atoms with Crippen LogP contribution in [0.5, 0.6) is 0 Å². The number of hydrogen-bond acceptors (Lipinski definition) is 3. The van der Waals surface area contributed by atoms with Gasteiger partial charge in [0.25, 0.3) is 0 Å². The lowest BCUT2D eigenvalue weighted by Crippen LogP contribution is -2.25. The van der Waals surface area contributed by atoms with E-state index in [-0.39, 0.29) is 5.91 Å². The zero-order valence-corrected chi connectivity index (χ0v) is 12.0. The van der Waals surface area contributed by atoms with E-state index in [9.17, 15) is 4.79 Å². The Morgan fingerprint density at radius 2 is 2.24 bits per heavy atom. The van der Waals surface area contributed by atoms with E-state index in [4.69, 9.17) is 0 Å². The lowest BCUT2D eigenvalue weighted by molar-refractivity contribution is -0.122. The lowest BCUT2D eigenvalue weighted by atomic mass is 10.0. The largest absolute Gasteiger partial charge is 0.352 e. The Kier molecular flexibility index (Phi) is 4.31. The van der Waals surface area contributed by atoms with Crippen LogP contribution in [0, 0.1) is 5.92 Å². The fourth-order valence-electron chi connectivity index (χ4n) is 2.60. The first-order chi connectivity index (χ1) is 10.3. The van der Waals surface area contributed by atoms with Crippen LogP contribution in [0.3, 0.4) is 0 Å². The fraction of sp³-hybridized carbons (Fsp3) is 0.375. The van der Waals surface area contributed by atoms with E-state index in [1.54, 1.807) is 6.20 Å². The highest BCUT2D eigenvalue weighted by atomic mass is 16.1. The van der Waals surface area contributed by atoms with Crippen LogP contribution in [0.1, 0.15) is 18.4 Å². The van der Waals surface area contributed by atoms with Crippen LogP contribution in [-0.2, 0) is 11.3 Å². The van der Waals surface area contributed by atoms with E-state index in [0.29, 0.717) is 18.9 Å². The van der Waals surface area contributed by atoms with Gasteiger partial charge in [0.15, 0.2) is 0 Å². The van der Waals surface area contributed by atoms with Gasteiger partial charge in [-0.25, -0.2) is 4.68 Å². The SMILES string of the molecule is O=C(CC1CCNC1)NCc1cnn(-c2ccccc2)c1. The van der Waals surface area contributed by atoms with E-state index in [0.717, 1.165) is 30.8 Å². The van der Waals surface area contributed by atoms with Gasteiger partial charge in [0.1, 0.15) is 0 Å². The Morgan fingerprint density at radius 3 is 3.00 bits per heavy atom. The molecule has 2 aromatic rings. The third kappa shape index (κ3) is 3.70. The Morgan fingerprint density at radius 1 is 1.38 bits per heavy atom. The Balaban J connectivity index is 1.51. The molecule has 5 nitrogen and oxygen atoms in total. The van der Waals surface area contributed by atoms with Crippen LogP contribution < -0.4 is 10.6 Å². The van der Waals surface area contributed by atoms with Crippen molar-refractivity contribution in [2.45, 2.75) is 19.4 Å². The van der Waals surface area contributed by atoms with Gasteiger partial charge in [0, 0.05) is 24.7 Å². The van der Waals surface area contributed by atoms with Gasteiger partial charge >= 0.3 is 0 Å². The highest BCUT2D eigenvalue weighted by molar-refractivity contribution is 5.76. The number of hydrogen-bond donors (Lipinski definition) is 2. The zero-order chi connectivity index (χ0) is 14.5. The zero-order valence-electron chi connectivity index (χ0n) is 12.0. The molecule has 3 rings (SSSR count). The molecular weight excluding hydrogens is 264 g/mol. The lowest BCUT2D eigenvalue weighted by Gasteiger charge is -2.08. The predicted octanol–water partition coefficient (Wildman–Crippen LogP) is 1.49. The first-order valence-electron chi connectivity index (χ1n) is 7.37. The van der Waals surface area contributed by atoms with Crippen LogP contribution in [0.2, 0.25) is 0 Å². The van der Waals surface area contributed by atoms with Crippen molar-refractivity contribution >= 4 is 5.91 Å². The van der Waals surface area contributed by atoms with Crippen molar-refractivity contribution in [1.82, 2.24) is 20.4 Å².